The van der Waals surface area contributed by atoms with Gasteiger partial charge in [0.1, 0.15) is 27.6 Å². The van der Waals surface area contributed by atoms with E-state index in [9.17, 15) is 5.11 Å². The Kier molecular flexibility index (Phi) is 9.14. The standard InChI is InChI=1S/C36H42O2Si2/c1-8-9-10-11-22-38-34-19-15-30-26-28(21-24-40(5,6)7)13-17-32(30)36(34)35-31-16-12-27(20-23-39(2,3)4)25-29(31)14-18-33(35)37/h12-19,25-26,37H,8-11,22H2,1-7H3. The molecule has 0 unspecified atom stereocenters. The Morgan fingerprint density at radius 3 is 1.75 bits per heavy atom. The lowest BCUT2D eigenvalue weighted by Gasteiger charge is -2.18. The van der Waals surface area contributed by atoms with Gasteiger partial charge in [-0.25, -0.2) is 0 Å². The number of phenolic OH excluding ortho intramolecular Hbond substituents is 1. The highest BCUT2D eigenvalue weighted by molar-refractivity contribution is 6.84. The molecule has 0 radical (unpaired) electrons. The van der Waals surface area contributed by atoms with E-state index >= 15 is 0 Å². The molecular weight excluding hydrogens is 521 g/mol. The van der Waals surface area contributed by atoms with Crippen LogP contribution in [0.2, 0.25) is 39.3 Å². The maximum atomic E-state index is 11.3. The van der Waals surface area contributed by atoms with Crippen LogP contribution >= 0.6 is 0 Å². The van der Waals surface area contributed by atoms with Gasteiger partial charge >= 0.3 is 0 Å². The predicted molar refractivity (Wildman–Crippen MR) is 179 cm³/mol. The molecule has 0 bridgehead atoms. The van der Waals surface area contributed by atoms with E-state index in [-0.39, 0.29) is 5.75 Å². The van der Waals surface area contributed by atoms with Gasteiger partial charge in [0, 0.05) is 22.3 Å². The number of hydrogen-bond donors (Lipinski definition) is 1. The minimum atomic E-state index is -1.49. The monoisotopic (exact) mass is 562 g/mol. The van der Waals surface area contributed by atoms with Crippen LogP contribution in [0.4, 0.5) is 0 Å². The van der Waals surface area contributed by atoms with Crippen molar-refractivity contribution in [3.63, 3.8) is 0 Å². The predicted octanol–water partition coefficient (Wildman–Crippen LogP) is 9.78. The molecule has 0 amide bonds. The van der Waals surface area contributed by atoms with Crippen LogP contribution in [0, 0.1) is 22.9 Å². The molecule has 0 heterocycles. The van der Waals surface area contributed by atoms with Gasteiger partial charge in [0.15, 0.2) is 0 Å². The second kappa shape index (κ2) is 12.4. The minimum absolute atomic E-state index is 0.249. The third kappa shape index (κ3) is 7.60. The number of rotatable bonds is 7. The molecule has 0 saturated heterocycles. The van der Waals surface area contributed by atoms with Crippen LogP contribution in [0.3, 0.4) is 0 Å². The molecule has 4 rings (SSSR count). The van der Waals surface area contributed by atoms with Crippen molar-refractivity contribution < 1.29 is 9.84 Å². The summed E-state index contributed by atoms with van der Waals surface area (Å²) in [5.41, 5.74) is 10.7. The van der Waals surface area contributed by atoms with E-state index in [1.807, 2.05) is 6.07 Å². The van der Waals surface area contributed by atoms with Crippen LogP contribution in [0.1, 0.15) is 43.7 Å². The van der Waals surface area contributed by atoms with Crippen LogP contribution in [0.25, 0.3) is 32.7 Å². The van der Waals surface area contributed by atoms with Gasteiger partial charge in [0.05, 0.1) is 6.61 Å². The number of ether oxygens (including phenoxy) is 1. The second-order valence-electron chi connectivity index (χ2n) is 12.7. The Bertz CT molecular complexity index is 1650. The highest BCUT2D eigenvalue weighted by Crippen LogP contribution is 2.45. The Morgan fingerprint density at radius 1 is 0.650 bits per heavy atom. The van der Waals surface area contributed by atoms with Crippen molar-refractivity contribution in [3.05, 3.63) is 71.8 Å². The molecule has 0 aliphatic heterocycles. The van der Waals surface area contributed by atoms with Crippen LogP contribution in [-0.4, -0.2) is 27.9 Å². The van der Waals surface area contributed by atoms with Gasteiger partial charge in [-0.1, -0.05) is 102 Å². The highest BCUT2D eigenvalue weighted by Gasteiger charge is 2.19. The lowest BCUT2D eigenvalue weighted by atomic mass is 9.91. The molecule has 1 N–H and O–H groups in total. The first-order chi connectivity index (χ1) is 18.9. The van der Waals surface area contributed by atoms with E-state index in [2.05, 4.69) is 118 Å². The highest BCUT2D eigenvalue weighted by atomic mass is 28.3. The fraction of sp³-hybridized carbons (Fsp3) is 0.333. The molecule has 0 aromatic heterocycles. The maximum Gasteiger partial charge on any atom is 0.129 e. The molecule has 2 nitrogen and oxygen atoms in total. The SMILES string of the molecule is CCCCCCOc1ccc2cc(C#C[Si](C)(C)C)ccc2c1-c1c(O)ccc2cc(C#C[Si](C)(C)C)ccc12. The summed E-state index contributed by atoms with van der Waals surface area (Å²) in [5, 5.41) is 15.5. The van der Waals surface area contributed by atoms with E-state index < -0.39 is 16.1 Å². The number of aromatic hydroxyl groups is 1. The molecule has 206 valence electrons. The van der Waals surface area contributed by atoms with Gasteiger partial charge in [-0.15, -0.1) is 11.1 Å². The number of unbranched alkanes of at least 4 members (excludes halogenated alkanes) is 3. The Balaban J connectivity index is 1.89. The molecule has 4 heteroatoms. The topological polar surface area (TPSA) is 29.5 Å². The summed E-state index contributed by atoms with van der Waals surface area (Å²) in [5.74, 6) is 7.83. The van der Waals surface area contributed by atoms with Crippen molar-refractivity contribution >= 4 is 37.7 Å². The summed E-state index contributed by atoms with van der Waals surface area (Å²) in [6.45, 7) is 16.4. The van der Waals surface area contributed by atoms with Crippen LogP contribution < -0.4 is 4.74 Å². The van der Waals surface area contributed by atoms with Crippen molar-refractivity contribution in [3.8, 4) is 45.6 Å². The summed E-state index contributed by atoms with van der Waals surface area (Å²) < 4.78 is 6.42. The Hall–Kier alpha value is -3.45. The molecule has 0 aliphatic carbocycles. The smallest absolute Gasteiger partial charge is 0.129 e. The van der Waals surface area contributed by atoms with Crippen molar-refractivity contribution in [2.24, 2.45) is 0 Å². The number of fused-ring (bicyclic) bond motifs is 2. The molecule has 0 spiro atoms. The molecule has 4 aromatic carbocycles. The van der Waals surface area contributed by atoms with Crippen LogP contribution in [0.15, 0.2) is 60.7 Å². The fourth-order valence-electron chi connectivity index (χ4n) is 4.65. The largest absolute Gasteiger partial charge is 0.507 e. The first-order valence-corrected chi connectivity index (χ1v) is 21.5. The second-order valence-corrected chi connectivity index (χ2v) is 22.2. The van der Waals surface area contributed by atoms with Gasteiger partial charge in [-0.3, -0.25) is 0 Å². The van der Waals surface area contributed by atoms with Crippen molar-refractivity contribution in [1.82, 2.24) is 0 Å². The maximum absolute atomic E-state index is 11.3. The third-order valence-corrected chi connectivity index (χ3v) is 8.40. The number of phenols is 1. The van der Waals surface area contributed by atoms with E-state index in [1.54, 1.807) is 6.07 Å². The van der Waals surface area contributed by atoms with E-state index in [4.69, 9.17) is 4.74 Å². The van der Waals surface area contributed by atoms with Gasteiger partial charge in [0.2, 0.25) is 0 Å². The fourth-order valence-corrected chi connectivity index (χ4v) is 5.69. The summed E-state index contributed by atoms with van der Waals surface area (Å²) in [4.78, 5) is 0. The summed E-state index contributed by atoms with van der Waals surface area (Å²) >= 11 is 0. The number of hydrogen-bond acceptors (Lipinski definition) is 2. The molecular formula is C36H42O2Si2. The average molecular weight is 563 g/mol. The Morgan fingerprint density at radius 2 is 1.20 bits per heavy atom. The van der Waals surface area contributed by atoms with Crippen LogP contribution in [-0.2, 0) is 0 Å². The molecule has 0 saturated carbocycles. The minimum Gasteiger partial charge on any atom is -0.507 e. The zero-order valence-corrected chi connectivity index (χ0v) is 27.2. The zero-order valence-electron chi connectivity index (χ0n) is 25.2. The van der Waals surface area contributed by atoms with Gasteiger partial charge in [-0.2, -0.15) is 0 Å². The van der Waals surface area contributed by atoms with Crippen molar-refractivity contribution in [2.75, 3.05) is 6.61 Å². The first kappa shape index (κ1) is 29.5. The van der Waals surface area contributed by atoms with E-state index in [1.165, 1.54) is 12.8 Å². The Labute approximate surface area is 242 Å². The summed E-state index contributed by atoms with van der Waals surface area (Å²) in [6, 6.07) is 20.6. The van der Waals surface area contributed by atoms with Crippen molar-refractivity contribution in [1.29, 1.82) is 0 Å². The molecule has 0 aliphatic rings. The van der Waals surface area contributed by atoms with Gasteiger partial charge in [-0.05, 0) is 64.4 Å². The van der Waals surface area contributed by atoms with E-state index in [0.717, 1.165) is 62.4 Å². The average Bonchev–Trinajstić information content (AvgIpc) is 2.90. The summed E-state index contributed by atoms with van der Waals surface area (Å²) in [7, 11) is -2.97. The number of benzene rings is 4. The van der Waals surface area contributed by atoms with Gasteiger partial charge < -0.3 is 9.84 Å². The zero-order chi connectivity index (χ0) is 28.9. The lowest BCUT2D eigenvalue weighted by Crippen LogP contribution is -2.16. The summed E-state index contributed by atoms with van der Waals surface area (Å²) in [6.07, 6.45) is 4.57. The third-order valence-electron chi connectivity index (χ3n) is 6.65. The quantitative estimate of drug-likeness (QED) is 0.138. The first-order valence-electron chi connectivity index (χ1n) is 14.5. The molecule has 0 atom stereocenters. The molecule has 0 fully saturated rings. The lowest BCUT2D eigenvalue weighted by molar-refractivity contribution is 0.306. The van der Waals surface area contributed by atoms with Gasteiger partial charge in [0.25, 0.3) is 0 Å². The van der Waals surface area contributed by atoms with Crippen molar-refractivity contribution in [2.45, 2.75) is 71.9 Å². The van der Waals surface area contributed by atoms with Crippen LogP contribution in [0.5, 0.6) is 11.5 Å². The van der Waals surface area contributed by atoms with E-state index in [0.29, 0.717) is 6.61 Å². The normalized spacial score (nSPS) is 11.6. The molecule has 4 aromatic rings. The molecule has 40 heavy (non-hydrogen) atoms.